The van der Waals surface area contributed by atoms with Gasteiger partial charge in [-0.15, -0.1) is 0 Å². The Labute approximate surface area is 225 Å². The average molecular weight is 524 g/mol. The van der Waals surface area contributed by atoms with Gasteiger partial charge in [-0.25, -0.2) is 9.97 Å². The number of anilines is 2. The van der Waals surface area contributed by atoms with Crippen molar-refractivity contribution in [1.29, 1.82) is 0 Å². The third-order valence-electron chi connectivity index (χ3n) is 6.74. The van der Waals surface area contributed by atoms with Gasteiger partial charge in [0.2, 0.25) is 0 Å². The number of aryl methyl sites for hydroxylation is 1. The SMILES string of the molecule is COc1ccc(Cn2nc(NC(=O)c3ccc(N4CCOCC4)nc3)cc2-c2nc3ccc(C)cc3[nH]2)cc1. The number of amides is 1. The predicted octanol–water partition coefficient (Wildman–Crippen LogP) is 4.28. The molecule has 6 rings (SSSR count). The van der Waals surface area contributed by atoms with Gasteiger partial charge in [0, 0.05) is 25.4 Å². The monoisotopic (exact) mass is 523 g/mol. The van der Waals surface area contributed by atoms with Crippen molar-refractivity contribution in [2.24, 2.45) is 0 Å². The van der Waals surface area contributed by atoms with Crippen molar-refractivity contribution in [3.8, 4) is 17.3 Å². The normalized spacial score (nSPS) is 13.5. The van der Waals surface area contributed by atoms with Crippen LogP contribution in [0.4, 0.5) is 11.6 Å². The fourth-order valence-electron chi connectivity index (χ4n) is 4.63. The molecule has 0 radical (unpaired) electrons. The fourth-order valence-corrected chi connectivity index (χ4v) is 4.63. The van der Waals surface area contributed by atoms with Gasteiger partial charge < -0.3 is 24.7 Å². The van der Waals surface area contributed by atoms with Crippen LogP contribution >= 0.6 is 0 Å². The number of carbonyl (C=O) groups is 1. The maximum absolute atomic E-state index is 13.1. The van der Waals surface area contributed by atoms with Gasteiger partial charge in [0.05, 0.1) is 43.5 Å². The lowest BCUT2D eigenvalue weighted by Crippen LogP contribution is -2.36. The summed E-state index contributed by atoms with van der Waals surface area (Å²) >= 11 is 0. The Kier molecular flexibility index (Phi) is 6.68. The van der Waals surface area contributed by atoms with Crippen molar-refractivity contribution >= 4 is 28.6 Å². The number of benzene rings is 2. The maximum atomic E-state index is 13.1. The minimum absolute atomic E-state index is 0.281. The number of hydrogen-bond donors (Lipinski definition) is 2. The molecule has 2 N–H and O–H groups in total. The van der Waals surface area contributed by atoms with Crippen LogP contribution in [0, 0.1) is 6.92 Å². The van der Waals surface area contributed by atoms with E-state index in [2.05, 4.69) is 26.3 Å². The molecule has 1 aliphatic heterocycles. The van der Waals surface area contributed by atoms with Crippen LogP contribution in [0.25, 0.3) is 22.6 Å². The number of H-pyrrole nitrogens is 1. The zero-order valence-corrected chi connectivity index (χ0v) is 21.8. The molecule has 10 nitrogen and oxygen atoms in total. The second kappa shape index (κ2) is 10.6. The van der Waals surface area contributed by atoms with Crippen LogP contribution in [0.5, 0.6) is 5.75 Å². The third kappa shape index (κ3) is 5.32. The highest BCUT2D eigenvalue weighted by Gasteiger charge is 2.18. The second-order valence-electron chi connectivity index (χ2n) is 9.49. The van der Waals surface area contributed by atoms with Crippen molar-refractivity contribution in [3.05, 3.63) is 83.6 Å². The topological polar surface area (TPSA) is 110 Å². The quantitative estimate of drug-likeness (QED) is 0.328. The highest BCUT2D eigenvalue weighted by atomic mass is 16.5. The predicted molar refractivity (Wildman–Crippen MR) is 149 cm³/mol. The average Bonchev–Trinajstić information content (AvgIpc) is 3.57. The molecule has 0 aliphatic carbocycles. The van der Waals surface area contributed by atoms with E-state index in [4.69, 9.17) is 19.6 Å². The summed E-state index contributed by atoms with van der Waals surface area (Å²) < 4.78 is 12.5. The van der Waals surface area contributed by atoms with Crippen molar-refractivity contribution in [2.75, 3.05) is 43.6 Å². The minimum atomic E-state index is -0.281. The van der Waals surface area contributed by atoms with E-state index in [9.17, 15) is 4.79 Å². The Hall–Kier alpha value is -4.70. The van der Waals surface area contributed by atoms with Gasteiger partial charge in [0.1, 0.15) is 17.3 Å². The molecule has 3 aromatic heterocycles. The molecular weight excluding hydrogens is 494 g/mol. The van der Waals surface area contributed by atoms with Crippen molar-refractivity contribution in [2.45, 2.75) is 13.5 Å². The largest absolute Gasteiger partial charge is 0.497 e. The van der Waals surface area contributed by atoms with Gasteiger partial charge in [-0.3, -0.25) is 9.48 Å². The first kappa shape index (κ1) is 24.6. The molecule has 1 aliphatic rings. The van der Waals surface area contributed by atoms with Crippen LogP contribution in [-0.2, 0) is 11.3 Å². The molecule has 10 heteroatoms. The molecule has 2 aromatic carbocycles. The number of methoxy groups -OCH3 is 1. The number of rotatable bonds is 7. The van der Waals surface area contributed by atoms with E-state index in [-0.39, 0.29) is 5.91 Å². The number of nitrogens with one attached hydrogen (secondary N) is 2. The molecular formula is C29H29N7O3. The number of pyridine rings is 1. The molecule has 1 fully saturated rings. The van der Waals surface area contributed by atoms with Crippen molar-refractivity contribution < 1.29 is 14.3 Å². The van der Waals surface area contributed by atoms with Crippen LogP contribution in [0.15, 0.2) is 66.9 Å². The van der Waals surface area contributed by atoms with E-state index >= 15 is 0 Å². The number of imidazole rings is 1. The highest BCUT2D eigenvalue weighted by molar-refractivity contribution is 6.03. The standard InChI is InChI=1S/C29H29N7O3/c1-19-3-9-23-24(15-19)32-28(31-23)25-16-26(34-36(25)18-20-4-7-22(38-2)8-5-20)33-29(37)21-6-10-27(30-17-21)35-11-13-39-14-12-35/h3-10,15-17H,11-14,18H2,1-2H3,(H,31,32)(H,33,34,37). The summed E-state index contributed by atoms with van der Waals surface area (Å²) in [6.45, 7) is 5.46. The van der Waals surface area contributed by atoms with Gasteiger partial charge in [-0.1, -0.05) is 18.2 Å². The first-order valence-corrected chi connectivity index (χ1v) is 12.8. The van der Waals surface area contributed by atoms with E-state index in [0.29, 0.717) is 37.0 Å². The molecule has 5 aromatic rings. The number of aromatic nitrogens is 5. The summed E-state index contributed by atoms with van der Waals surface area (Å²) in [7, 11) is 1.64. The molecule has 198 valence electrons. The van der Waals surface area contributed by atoms with E-state index in [1.54, 1.807) is 19.4 Å². The molecule has 39 heavy (non-hydrogen) atoms. The Morgan fingerprint density at radius 2 is 1.90 bits per heavy atom. The highest BCUT2D eigenvalue weighted by Crippen LogP contribution is 2.26. The molecule has 1 amide bonds. The van der Waals surface area contributed by atoms with Gasteiger partial charge >= 0.3 is 0 Å². The maximum Gasteiger partial charge on any atom is 0.258 e. The number of nitrogens with zero attached hydrogens (tertiary/aromatic N) is 5. The zero-order chi connectivity index (χ0) is 26.8. The number of fused-ring (bicyclic) bond motifs is 1. The van der Waals surface area contributed by atoms with Crippen molar-refractivity contribution in [3.63, 3.8) is 0 Å². The second-order valence-corrected chi connectivity index (χ2v) is 9.49. The van der Waals surface area contributed by atoms with Crippen LogP contribution in [0.2, 0.25) is 0 Å². The van der Waals surface area contributed by atoms with E-state index in [0.717, 1.165) is 52.5 Å². The first-order valence-electron chi connectivity index (χ1n) is 12.8. The third-order valence-corrected chi connectivity index (χ3v) is 6.74. The molecule has 0 atom stereocenters. The number of morpholine rings is 1. The first-order chi connectivity index (χ1) is 19.1. The van der Waals surface area contributed by atoms with E-state index in [1.165, 1.54) is 0 Å². The number of ether oxygens (including phenoxy) is 2. The summed E-state index contributed by atoms with van der Waals surface area (Å²) in [6, 6.07) is 19.4. The van der Waals surface area contributed by atoms with Gasteiger partial charge in [0.15, 0.2) is 11.6 Å². The summed E-state index contributed by atoms with van der Waals surface area (Å²) in [5.41, 5.74) is 5.20. The van der Waals surface area contributed by atoms with Gasteiger partial charge in [-0.2, -0.15) is 5.10 Å². The summed E-state index contributed by atoms with van der Waals surface area (Å²) in [5.74, 6) is 2.44. The molecule has 4 heterocycles. The fraction of sp³-hybridized carbons (Fsp3) is 0.241. The van der Waals surface area contributed by atoms with Crippen LogP contribution in [0.1, 0.15) is 21.5 Å². The lowest BCUT2D eigenvalue weighted by Gasteiger charge is -2.27. The minimum Gasteiger partial charge on any atom is -0.497 e. The van der Waals surface area contributed by atoms with Crippen molar-refractivity contribution in [1.82, 2.24) is 24.7 Å². The van der Waals surface area contributed by atoms with Crippen LogP contribution in [0.3, 0.4) is 0 Å². The Balaban J connectivity index is 1.28. The lowest BCUT2D eigenvalue weighted by atomic mass is 10.2. The summed E-state index contributed by atoms with van der Waals surface area (Å²) in [5, 5.41) is 7.65. The van der Waals surface area contributed by atoms with Gasteiger partial charge in [0.25, 0.3) is 5.91 Å². The Morgan fingerprint density at radius 1 is 1.08 bits per heavy atom. The van der Waals surface area contributed by atoms with Crippen LogP contribution < -0.4 is 15.0 Å². The summed E-state index contributed by atoms with van der Waals surface area (Å²) in [6.07, 6.45) is 1.59. The molecule has 1 saturated heterocycles. The molecule has 0 unspecified atom stereocenters. The zero-order valence-electron chi connectivity index (χ0n) is 21.8. The van der Waals surface area contributed by atoms with E-state index < -0.39 is 0 Å². The van der Waals surface area contributed by atoms with E-state index in [1.807, 2.05) is 60.1 Å². The lowest BCUT2D eigenvalue weighted by molar-refractivity contribution is 0.102. The van der Waals surface area contributed by atoms with Gasteiger partial charge in [-0.05, 0) is 54.4 Å². The summed E-state index contributed by atoms with van der Waals surface area (Å²) in [4.78, 5) is 27.9. The number of hydrogen-bond acceptors (Lipinski definition) is 7. The Bertz CT molecular complexity index is 1600. The Morgan fingerprint density at radius 3 is 2.64 bits per heavy atom. The molecule has 0 bridgehead atoms. The smallest absolute Gasteiger partial charge is 0.258 e. The van der Waals surface area contributed by atoms with Crippen LogP contribution in [-0.4, -0.2) is 64.1 Å². The molecule has 0 spiro atoms. The number of carbonyl (C=O) groups excluding carboxylic acids is 1. The number of aromatic amines is 1. The molecule has 0 saturated carbocycles.